The number of rotatable bonds is 4. The Bertz CT molecular complexity index is 753. The summed E-state index contributed by atoms with van der Waals surface area (Å²) >= 11 is 6.11. The van der Waals surface area contributed by atoms with Gasteiger partial charge in [-0.05, 0) is 23.8 Å². The third-order valence-corrected chi connectivity index (χ3v) is 4.27. The Morgan fingerprint density at radius 1 is 1.38 bits per heavy atom. The summed E-state index contributed by atoms with van der Waals surface area (Å²) in [5.74, 6) is -0.175. The number of nitrogens with one attached hydrogen (secondary N) is 1. The van der Waals surface area contributed by atoms with Crippen LogP contribution in [-0.2, 0) is 4.79 Å². The Labute approximate surface area is 144 Å². The molecule has 24 heavy (non-hydrogen) atoms. The molecule has 0 fully saturated rings. The van der Waals surface area contributed by atoms with Gasteiger partial charge in [0, 0.05) is 12.0 Å². The van der Waals surface area contributed by atoms with E-state index in [0.29, 0.717) is 29.4 Å². The minimum atomic E-state index is -1.06. The van der Waals surface area contributed by atoms with Gasteiger partial charge in [0.25, 0.3) is 0 Å². The highest BCUT2D eigenvalue weighted by Gasteiger charge is 2.25. The molecule has 2 aromatic rings. The highest BCUT2D eigenvalue weighted by atomic mass is 35.5. The number of ether oxygens (including phenoxy) is 1. The lowest BCUT2D eigenvalue weighted by atomic mass is 9.99. The van der Waals surface area contributed by atoms with Gasteiger partial charge in [-0.1, -0.05) is 35.9 Å². The average molecular weight is 350 g/mol. The van der Waals surface area contributed by atoms with Gasteiger partial charge in [-0.15, -0.1) is 0 Å². The number of carbonyl (C=O) groups is 1. The highest BCUT2D eigenvalue weighted by Crippen LogP contribution is 2.37. The van der Waals surface area contributed by atoms with E-state index in [1.54, 1.807) is 18.2 Å². The first-order chi connectivity index (χ1) is 11.5. The van der Waals surface area contributed by atoms with E-state index in [1.165, 1.54) is 18.2 Å². The summed E-state index contributed by atoms with van der Waals surface area (Å²) in [6, 6.07) is 10.8. The van der Waals surface area contributed by atoms with Crippen LogP contribution >= 0.6 is 11.6 Å². The maximum Gasteiger partial charge on any atom is 0.223 e. The fourth-order valence-corrected chi connectivity index (χ4v) is 3.03. The largest absolute Gasteiger partial charge is 0.492 e. The van der Waals surface area contributed by atoms with Crippen molar-refractivity contribution < 1.29 is 19.0 Å². The van der Waals surface area contributed by atoms with E-state index >= 15 is 0 Å². The summed E-state index contributed by atoms with van der Waals surface area (Å²) in [6.45, 7) is 0.453. The molecule has 0 aliphatic carbocycles. The van der Waals surface area contributed by atoms with Crippen molar-refractivity contribution >= 4 is 17.5 Å². The first-order valence-corrected chi connectivity index (χ1v) is 8.06. The van der Waals surface area contributed by atoms with Gasteiger partial charge in [-0.3, -0.25) is 4.79 Å². The van der Waals surface area contributed by atoms with E-state index in [2.05, 4.69) is 5.32 Å². The molecule has 1 heterocycles. The standard InChI is InChI=1S/C18H17ClFNO3/c19-14-6-2-5-13-15(7-8-24-18(13)14)21-17(23)10-16(22)11-3-1-4-12(20)9-11/h1-6,9,15-16,22H,7-8,10H2,(H,21,23). The Kier molecular flexibility index (Phi) is 5.02. The number of carbonyl (C=O) groups excluding carboxylic acids is 1. The molecule has 0 spiro atoms. The van der Waals surface area contributed by atoms with Crippen LogP contribution in [0.3, 0.4) is 0 Å². The summed E-state index contributed by atoms with van der Waals surface area (Å²) in [6.07, 6.45) is -0.578. The number of fused-ring (bicyclic) bond motifs is 1. The number of aliphatic hydroxyl groups excluding tert-OH is 1. The van der Waals surface area contributed by atoms with Crippen molar-refractivity contribution in [1.82, 2.24) is 5.32 Å². The highest BCUT2D eigenvalue weighted by molar-refractivity contribution is 6.32. The van der Waals surface area contributed by atoms with Gasteiger partial charge in [0.15, 0.2) is 0 Å². The molecule has 1 aliphatic rings. The second-order valence-electron chi connectivity index (χ2n) is 5.69. The predicted molar refractivity (Wildman–Crippen MR) is 88.4 cm³/mol. The van der Waals surface area contributed by atoms with Gasteiger partial charge in [0.2, 0.25) is 5.91 Å². The molecule has 1 amide bonds. The second kappa shape index (κ2) is 7.20. The van der Waals surface area contributed by atoms with E-state index in [-0.39, 0.29) is 18.4 Å². The summed E-state index contributed by atoms with van der Waals surface area (Å²) in [5, 5.41) is 13.5. The topological polar surface area (TPSA) is 58.6 Å². The van der Waals surface area contributed by atoms with Crippen molar-refractivity contribution in [2.24, 2.45) is 0 Å². The zero-order valence-electron chi connectivity index (χ0n) is 12.8. The van der Waals surface area contributed by atoms with E-state index < -0.39 is 11.9 Å². The summed E-state index contributed by atoms with van der Waals surface area (Å²) in [4.78, 5) is 12.2. The smallest absolute Gasteiger partial charge is 0.223 e. The lowest BCUT2D eigenvalue weighted by Crippen LogP contribution is -2.33. The molecule has 2 atom stereocenters. The van der Waals surface area contributed by atoms with Gasteiger partial charge in [0.1, 0.15) is 11.6 Å². The van der Waals surface area contributed by atoms with E-state index in [0.717, 1.165) is 5.56 Å². The molecule has 1 aliphatic heterocycles. The van der Waals surface area contributed by atoms with Gasteiger partial charge >= 0.3 is 0 Å². The number of para-hydroxylation sites is 1. The molecule has 0 aromatic heterocycles. The van der Waals surface area contributed by atoms with Crippen LogP contribution in [-0.4, -0.2) is 17.6 Å². The molecule has 3 rings (SSSR count). The molecule has 0 radical (unpaired) electrons. The number of hydrogen-bond acceptors (Lipinski definition) is 3. The van der Waals surface area contributed by atoms with E-state index in [9.17, 15) is 14.3 Å². The Morgan fingerprint density at radius 2 is 2.17 bits per heavy atom. The van der Waals surface area contributed by atoms with Crippen LogP contribution in [0, 0.1) is 5.82 Å². The minimum absolute atomic E-state index is 0.142. The normalized spacial score (nSPS) is 17.5. The molecular formula is C18H17ClFNO3. The molecule has 6 heteroatoms. The van der Waals surface area contributed by atoms with Crippen LogP contribution in [0.15, 0.2) is 42.5 Å². The van der Waals surface area contributed by atoms with Crippen molar-refractivity contribution in [3.63, 3.8) is 0 Å². The lowest BCUT2D eigenvalue weighted by molar-refractivity contribution is -0.124. The molecule has 4 nitrogen and oxygen atoms in total. The molecule has 126 valence electrons. The Hall–Kier alpha value is -2.11. The van der Waals surface area contributed by atoms with Crippen molar-refractivity contribution in [2.45, 2.75) is 25.0 Å². The zero-order valence-corrected chi connectivity index (χ0v) is 13.6. The van der Waals surface area contributed by atoms with Crippen LogP contribution in [0.1, 0.15) is 36.1 Å². The van der Waals surface area contributed by atoms with Crippen LogP contribution in [0.4, 0.5) is 4.39 Å². The summed E-state index contributed by atoms with van der Waals surface area (Å²) < 4.78 is 18.8. The third-order valence-electron chi connectivity index (χ3n) is 3.97. The van der Waals surface area contributed by atoms with Crippen LogP contribution in [0.2, 0.25) is 5.02 Å². The van der Waals surface area contributed by atoms with Gasteiger partial charge in [-0.25, -0.2) is 4.39 Å². The zero-order chi connectivity index (χ0) is 17.1. The van der Waals surface area contributed by atoms with Gasteiger partial charge in [0.05, 0.1) is 30.2 Å². The molecular weight excluding hydrogens is 333 g/mol. The van der Waals surface area contributed by atoms with Crippen molar-refractivity contribution in [3.05, 3.63) is 64.4 Å². The van der Waals surface area contributed by atoms with Crippen molar-refractivity contribution in [3.8, 4) is 5.75 Å². The molecule has 2 aromatic carbocycles. The van der Waals surface area contributed by atoms with Crippen molar-refractivity contribution in [1.29, 1.82) is 0 Å². The molecule has 0 bridgehead atoms. The van der Waals surface area contributed by atoms with Crippen LogP contribution < -0.4 is 10.1 Å². The molecule has 0 saturated heterocycles. The monoisotopic (exact) mass is 349 g/mol. The maximum absolute atomic E-state index is 13.2. The fraction of sp³-hybridized carbons (Fsp3) is 0.278. The van der Waals surface area contributed by atoms with Crippen LogP contribution in [0.5, 0.6) is 5.75 Å². The fourth-order valence-electron chi connectivity index (χ4n) is 2.80. The predicted octanol–water partition coefficient (Wildman–Crippen LogP) is 3.54. The SMILES string of the molecule is O=C(CC(O)c1cccc(F)c1)NC1CCOc2c(Cl)cccc21. The quantitative estimate of drug-likeness (QED) is 0.887. The second-order valence-corrected chi connectivity index (χ2v) is 6.10. The van der Waals surface area contributed by atoms with E-state index in [4.69, 9.17) is 16.3 Å². The lowest BCUT2D eigenvalue weighted by Gasteiger charge is -2.27. The molecule has 2 N–H and O–H groups in total. The molecule has 2 unspecified atom stereocenters. The van der Waals surface area contributed by atoms with Crippen molar-refractivity contribution in [2.75, 3.05) is 6.61 Å². The third kappa shape index (κ3) is 3.68. The number of benzene rings is 2. The number of aliphatic hydroxyl groups is 1. The summed E-state index contributed by atoms with van der Waals surface area (Å²) in [5.41, 5.74) is 1.20. The number of amides is 1. The van der Waals surface area contributed by atoms with Crippen LogP contribution in [0.25, 0.3) is 0 Å². The Balaban J connectivity index is 1.67. The number of hydrogen-bond donors (Lipinski definition) is 2. The molecule has 0 saturated carbocycles. The Morgan fingerprint density at radius 3 is 2.96 bits per heavy atom. The average Bonchev–Trinajstić information content (AvgIpc) is 2.56. The minimum Gasteiger partial charge on any atom is -0.492 e. The first kappa shape index (κ1) is 16.7. The first-order valence-electron chi connectivity index (χ1n) is 7.68. The van der Waals surface area contributed by atoms with E-state index in [1.807, 2.05) is 6.07 Å². The number of halogens is 2. The maximum atomic E-state index is 13.2. The van der Waals surface area contributed by atoms with Gasteiger partial charge < -0.3 is 15.2 Å². The summed E-state index contributed by atoms with van der Waals surface area (Å²) in [7, 11) is 0. The van der Waals surface area contributed by atoms with Gasteiger partial charge in [-0.2, -0.15) is 0 Å².